The van der Waals surface area contributed by atoms with Crippen molar-refractivity contribution in [3.05, 3.63) is 70.4 Å². The fourth-order valence-electron chi connectivity index (χ4n) is 3.84. The molecule has 1 saturated heterocycles. The highest BCUT2D eigenvalue weighted by molar-refractivity contribution is 7.89. The van der Waals surface area contributed by atoms with Gasteiger partial charge in [-0.3, -0.25) is 4.79 Å². The number of anilines is 2. The van der Waals surface area contributed by atoms with E-state index in [4.69, 9.17) is 4.74 Å². The van der Waals surface area contributed by atoms with Gasteiger partial charge in [-0.2, -0.15) is 4.31 Å². The number of piperazine rings is 1. The third-order valence-electron chi connectivity index (χ3n) is 5.72. The van der Waals surface area contributed by atoms with Gasteiger partial charge in [0.2, 0.25) is 10.0 Å². The second-order valence-electron chi connectivity index (χ2n) is 7.71. The van der Waals surface area contributed by atoms with E-state index in [9.17, 15) is 13.2 Å². The van der Waals surface area contributed by atoms with Gasteiger partial charge in [0.1, 0.15) is 15.5 Å². The Morgan fingerprint density at radius 1 is 1.06 bits per heavy atom. The predicted octanol–water partition coefficient (Wildman–Crippen LogP) is 4.08. The average Bonchev–Trinajstić information content (AvgIpc) is 3.36. The molecular formula is C24H27N3O4S2. The first-order valence-electron chi connectivity index (χ1n) is 10.8. The second kappa shape index (κ2) is 9.94. The third kappa shape index (κ3) is 5.05. The van der Waals surface area contributed by atoms with Crippen molar-refractivity contribution in [3.8, 4) is 5.75 Å². The van der Waals surface area contributed by atoms with Gasteiger partial charge in [-0.25, -0.2) is 8.42 Å². The Hall–Kier alpha value is -2.88. The summed E-state index contributed by atoms with van der Waals surface area (Å²) in [7, 11) is -2.15. The van der Waals surface area contributed by atoms with Crippen LogP contribution in [0.25, 0.3) is 0 Å². The number of nitrogens with zero attached hydrogens (tertiary/aromatic N) is 2. The van der Waals surface area contributed by atoms with Crippen LogP contribution >= 0.6 is 11.3 Å². The molecule has 0 spiro atoms. The zero-order chi connectivity index (χ0) is 23.4. The summed E-state index contributed by atoms with van der Waals surface area (Å²) < 4.78 is 33.4. The van der Waals surface area contributed by atoms with Crippen LogP contribution in [0.5, 0.6) is 5.75 Å². The van der Waals surface area contributed by atoms with Gasteiger partial charge in [-0.1, -0.05) is 19.1 Å². The number of rotatable bonds is 7. The first-order valence-corrected chi connectivity index (χ1v) is 13.1. The molecule has 4 rings (SSSR count). The first-order chi connectivity index (χ1) is 15.9. The lowest BCUT2D eigenvalue weighted by Crippen LogP contribution is -2.48. The van der Waals surface area contributed by atoms with Crippen LogP contribution in [0.3, 0.4) is 0 Å². The second-order valence-corrected chi connectivity index (χ2v) is 10.5. The van der Waals surface area contributed by atoms with E-state index >= 15 is 0 Å². The normalized spacial score (nSPS) is 14.8. The summed E-state index contributed by atoms with van der Waals surface area (Å²) in [5, 5.41) is 4.49. The summed E-state index contributed by atoms with van der Waals surface area (Å²) in [5.41, 5.74) is 2.78. The van der Waals surface area contributed by atoms with Crippen molar-refractivity contribution in [2.24, 2.45) is 0 Å². The quantitative estimate of drug-likeness (QED) is 0.546. The molecule has 1 aliphatic rings. The highest BCUT2D eigenvalue weighted by Crippen LogP contribution is 2.28. The van der Waals surface area contributed by atoms with Gasteiger partial charge in [-0.15, -0.1) is 11.3 Å². The number of aryl methyl sites for hydroxylation is 1. The van der Waals surface area contributed by atoms with Crippen LogP contribution in [0.2, 0.25) is 0 Å². The van der Waals surface area contributed by atoms with Crippen molar-refractivity contribution in [3.63, 3.8) is 0 Å². The first kappa shape index (κ1) is 23.3. The topological polar surface area (TPSA) is 79.0 Å². The number of nitrogens with one attached hydrogen (secondary N) is 1. The molecule has 3 aromatic rings. The molecular weight excluding hydrogens is 458 g/mol. The number of ether oxygens (including phenoxy) is 1. The standard InChI is InChI=1S/C24H27N3O4S2/c1-3-18-5-4-6-19(17-18)25-24(28)23-22(11-16-32-23)33(29,30)27-14-12-26(13-15-27)20-7-9-21(31-2)10-8-20/h4-11,16-17H,3,12-15H2,1-2H3,(H,25,28). The molecule has 174 valence electrons. The minimum Gasteiger partial charge on any atom is -0.497 e. The van der Waals surface area contributed by atoms with E-state index in [1.165, 1.54) is 10.4 Å². The summed E-state index contributed by atoms with van der Waals surface area (Å²) >= 11 is 1.14. The van der Waals surface area contributed by atoms with Crippen LogP contribution in [0, 0.1) is 0 Å². The van der Waals surface area contributed by atoms with Crippen molar-refractivity contribution in [2.75, 3.05) is 43.5 Å². The molecule has 0 unspecified atom stereocenters. The number of methoxy groups -OCH3 is 1. The van der Waals surface area contributed by atoms with E-state index in [1.807, 2.05) is 49.4 Å². The summed E-state index contributed by atoms with van der Waals surface area (Å²) in [6, 6.07) is 16.8. The Morgan fingerprint density at radius 2 is 1.79 bits per heavy atom. The molecule has 2 aromatic carbocycles. The third-order valence-corrected chi connectivity index (χ3v) is 8.71. The Kier molecular flexibility index (Phi) is 7.02. The molecule has 0 atom stereocenters. The minimum absolute atomic E-state index is 0.0644. The molecule has 33 heavy (non-hydrogen) atoms. The average molecular weight is 486 g/mol. The molecule has 9 heteroatoms. The Balaban J connectivity index is 1.46. The maximum absolute atomic E-state index is 13.4. The van der Waals surface area contributed by atoms with Crippen LogP contribution < -0.4 is 15.0 Å². The van der Waals surface area contributed by atoms with Gasteiger partial charge < -0.3 is 15.0 Å². The molecule has 7 nitrogen and oxygen atoms in total. The Morgan fingerprint density at radius 3 is 2.45 bits per heavy atom. The molecule has 1 fully saturated rings. The molecule has 0 radical (unpaired) electrons. The summed E-state index contributed by atoms with van der Waals surface area (Å²) in [4.78, 5) is 15.3. The van der Waals surface area contributed by atoms with Crippen LogP contribution in [0.4, 0.5) is 11.4 Å². The van der Waals surface area contributed by atoms with Crippen LogP contribution in [-0.2, 0) is 16.4 Å². The SMILES string of the molecule is CCc1cccc(NC(=O)c2sccc2S(=O)(=O)N2CCN(c3ccc(OC)cc3)CC2)c1. The van der Waals surface area contributed by atoms with E-state index < -0.39 is 15.9 Å². The number of carbonyl (C=O) groups excluding carboxylic acids is 1. The molecule has 1 aliphatic heterocycles. The lowest BCUT2D eigenvalue weighted by Gasteiger charge is -2.35. The largest absolute Gasteiger partial charge is 0.497 e. The van der Waals surface area contributed by atoms with Gasteiger partial charge in [0.15, 0.2) is 0 Å². The molecule has 1 N–H and O–H groups in total. The van der Waals surface area contributed by atoms with Crippen LogP contribution in [-0.4, -0.2) is 51.9 Å². The van der Waals surface area contributed by atoms with Gasteiger partial charge in [-0.05, 0) is 59.8 Å². The molecule has 0 aliphatic carbocycles. The van der Waals surface area contributed by atoms with E-state index in [2.05, 4.69) is 10.2 Å². The number of benzene rings is 2. The molecule has 2 heterocycles. The molecule has 1 aromatic heterocycles. The monoisotopic (exact) mass is 485 g/mol. The van der Waals surface area contributed by atoms with Crippen LogP contribution in [0.1, 0.15) is 22.2 Å². The van der Waals surface area contributed by atoms with Crippen molar-refractivity contribution in [1.82, 2.24) is 4.31 Å². The van der Waals surface area contributed by atoms with Gasteiger partial charge >= 0.3 is 0 Å². The Bertz CT molecular complexity index is 1210. The number of amides is 1. The highest BCUT2D eigenvalue weighted by Gasteiger charge is 2.32. The van der Waals surface area contributed by atoms with E-state index in [0.29, 0.717) is 31.9 Å². The minimum atomic E-state index is -3.78. The fourth-order valence-corrected chi connectivity index (χ4v) is 6.56. The Labute approximate surface area is 198 Å². The van der Waals surface area contributed by atoms with Crippen molar-refractivity contribution < 1.29 is 17.9 Å². The predicted molar refractivity (Wildman–Crippen MR) is 132 cm³/mol. The molecule has 1 amide bonds. The number of carbonyl (C=O) groups is 1. The van der Waals surface area contributed by atoms with Gasteiger partial charge in [0.25, 0.3) is 5.91 Å². The zero-order valence-corrected chi connectivity index (χ0v) is 20.3. The number of hydrogen-bond donors (Lipinski definition) is 1. The lowest BCUT2D eigenvalue weighted by atomic mass is 10.1. The number of thiophene rings is 1. The van der Waals surface area contributed by atoms with Crippen molar-refractivity contribution in [2.45, 2.75) is 18.2 Å². The zero-order valence-electron chi connectivity index (χ0n) is 18.7. The maximum atomic E-state index is 13.4. The molecule has 0 bridgehead atoms. The van der Waals surface area contributed by atoms with Crippen LogP contribution in [0.15, 0.2) is 64.9 Å². The maximum Gasteiger partial charge on any atom is 0.267 e. The van der Waals surface area contributed by atoms with E-state index in [0.717, 1.165) is 34.8 Å². The highest BCUT2D eigenvalue weighted by atomic mass is 32.2. The smallest absolute Gasteiger partial charge is 0.267 e. The van der Waals surface area contributed by atoms with Gasteiger partial charge in [0, 0.05) is 37.6 Å². The summed E-state index contributed by atoms with van der Waals surface area (Å²) in [5.74, 6) is 0.373. The number of hydrogen-bond acceptors (Lipinski definition) is 6. The summed E-state index contributed by atoms with van der Waals surface area (Å²) in [6.45, 7) is 3.88. The van der Waals surface area contributed by atoms with Crippen molar-refractivity contribution >= 4 is 38.6 Å². The van der Waals surface area contributed by atoms with E-state index in [1.54, 1.807) is 18.6 Å². The van der Waals surface area contributed by atoms with Crippen molar-refractivity contribution in [1.29, 1.82) is 0 Å². The lowest BCUT2D eigenvalue weighted by molar-refractivity contribution is 0.102. The van der Waals surface area contributed by atoms with Gasteiger partial charge in [0.05, 0.1) is 7.11 Å². The fraction of sp³-hybridized carbons (Fsp3) is 0.292. The number of sulfonamides is 1. The molecule has 0 saturated carbocycles. The summed E-state index contributed by atoms with van der Waals surface area (Å²) in [6.07, 6.45) is 0.852. The van der Waals surface area contributed by atoms with E-state index in [-0.39, 0.29) is 9.77 Å².